The Kier molecular flexibility index (Phi) is 17.5. The van der Waals surface area contributed by atoms with Gasteiger partial charge in [-0.1, -0.05) is 145 Å². The van der Waals surface area contributed by atoms with Crippen LogP contribution >= 0.6 is 27.3 Å². The van der Waals surface area contributed by atoms with Gasteiger partial charge in [0.1, 0.15) is 5.82 Å². The van der Waals surface area contributed by atoms with Gasteiger partial charge < -0.3 is 10.2 Å². The summed E-state index contributed by atoms with van der Waals surface area (Å²) in [6.45, 7) is 20.3. The second-order valence-electron chi connectivity index (χ2n) is 18.9. The first kappa shape index (κ1) is 46.0. The Morgan fingerprint density at radius 3 is 1.57 bits per heavy atom. The molecule has 1 saturated heterocycles. The number of anilines is 1. The molecule has 3 aliphatic carbocycles. The Bertz CT molecular complexity index is 1750. The normalized spacial score (nSPS) is 22.5. The zero-order valence-corrected chi connectivity index (χ0v) is 41.3. The van der Waals surface area contributed by atoms with Crippen molar-refractivity contribution in [2.45, 2.75) is 192 Å². The van der Waals surface area contributed by atoms with E-state index in [0.717, 1.165) is 29.1 Å². The van der Waals surface area contributed by atoms with Gasteiger partial charge in [-0.25, -0.2) is 0 Å². The third-order valence-corrected chi connectivity index (χ3v) is 19.5. The molecule has 1 N–H and O–H groups in total. The number of hydrogen-bond donors (Lipinski definition) is 1. The van der Waals surface area contributed by atoms with Gasteiger partial charge in [0.05, 0.1) is 6.04 Å². The van der Waals surface area contributed by atoms with E-state index < -0.39 is 13.5 Å². The Balaban J connectivity index is 0.000000496. The summed E-state index contributed by atoms with van der Waals surface area (Å²) in [7, 11) is 11.3. The number of hydrogen-bond acceptors (Lipinski definition) is 2. The molecule has 4 aliphatic rings. The Morgan fingerprint density at radius 2 is 1.09 bits per heavy atom. The molecule has 3 aromatic rings. The number of nitrogens with zero attached hydrogens (tertiary/aromatic N) is 1. The first-order valence-electron chi connectivity index (χ1n) is 23.1. The van der Waals surface area contributed by atoms with Gasteiger partial charge in [0.15, 0.2) is 0 Å². The average Bonchev–Trinajstić information content (AvgIpc) is 3.66. The fourth-order valence-corrected chi connectivity index (χ4v) is 17.3. The van der Waals surface area contributed by atoms with Crippen LogP contribution < -0.4 is 10.2 Å². The molecule has 0 radical (unpaired) electrons. The number of halogens is 2. The first-order chi connectivity index (χ1) is 28.0. The molecule has 1 heterocycles. The fraction of sp³-hybridized carbons (Fsp3) is 0.596. The summed E-state index contributed by atoms with van der Waals surface area (Å²) in [5, 5.41) is 4.29. The summed E-state index contributed by atoms with van der Waals surface area (Å²) in [6, 6.07) is 24.7. The second kappa shape index (κ2) is 22.0. The molecule has 1 aliphatic heterocycles. The molecule has 0 aromatic heterocycles. The number of nitrogens with one attached hydrogen (secondary N) is 1. The zero-order valence-electron chi connectivity index (χ0n) is 37.2. The Morgan fingerprint density at radius 1 is 0.603 bits per heavy atom. The van der Waals surface area contributed by atoms with Gasteiger partial charge >= 0.3 is 73.4 Å². The third-order valence-electron chi connectivity index (χ3n) is 13.6. The van der Waals surface area contributed by atoms with Crippen LogP contribution in [0, 0.1) is 0 Å². The Labute approximate surface area is 369 Å². The second-order valence-corrected chi connectivity index (χ2v) is 27.6. The van der Waals surface area contributed by atoms with Crippen molar-refractivity contribution in [2.75, 3.05) is 11.4 Å². The van der Waals surface area contributed by atoms with Crippen molar-refractivity contribution in [3.05, 3.63) is 112 Å². The maximum absolute atomic E-state index is 5.67. The average molecular weight is 931 g/mol. The van der Waals surface area contributed by atoms with E-state index in [1.807, 2.05) is 40.5 Å². The van der Waals surface area contributed by atoms with Gasteiger partial charge in [0.25, 0.3) is 0 Å². The van der Waals surface area contributed by atoms with Crippen LogP contribution in [0.2, 0.25) is 0 Å². The van der Waals surface area contributed by atoms with E-state index in [1.165, 1.54) is 113 Å². The molecule has 2 atom stereocenters. The molecule has 2 nitrogen and oxygen atoms in total. The maximum atomic E-state index is 5.67. The van der Waals surface area contributed by atoms with Crippen LogP contribution in [0.5, 0.6) is 0 Å². The molecule has 2 unspecified atom stereocenters. The molecule has 320 valence electrons. The molecule has 3 saturated carbocycles. The van der Waals surface area contributed by atoms with Gasteiger partial charge in [0.2, 0.25) is 0 Å². The predicted octanol–water partition coefficient (Wildman–Crippen LogP) is 16.4. The summed E-state index contributed by atoms with van der Waals surface area (Å²) in [5.74, 6) is 3.47. The molecular weight excluding hydrogens is 856 g/mol. The molecule has 6 heteroatoms. The predicted molar refractivity (Wildman–Crippen MR) is 256 cm³/mol. The van der Waals surface area contributed by atoms with Crippen LogP contribution in [-0.4, -0.2) is 28.1 Å². The van der Waals surface area contributed by atoms with Crippen LogP contribution in [0.1, 0.15) is 208 Å². The first-order valence-corrected chi connectivity index (χ1v) is 30.2. The van der Waals surface area contributed by atoms with E-state index in [-0.39, 0.29) is 7.92 Å². The topological polar surface area (TPSA) is 15.3 Å². The van der Waals surface area contributed by atoms with Crippen LogP contribution in [0.25, 0.3) is 0 Å². The van der Waals surface area contributed by atoms with Crippen molar-refractivity contribution in [2.24, 2.45) is 0 Å². The third kappa shape index (κ3) is 11.1. The van der Waals surface area contributed by atoms with Crippen LogP contribution in [0.4, 0.5) is 5.69 Å². The zero-order chi connectivity index (χ0) is 41.3. The summed E-state index contributed by atoms with van der Waals surface area (Å²) in [5.41, 5.74) is 15.0. The number of benzene rings is 3. The number of para-hydroxylation sites is 1. The van der Waals surface area contributed by atoms with Gasteiger partial charge in [-0.3, -0.25) is 0 Å². The van der Waals surface area contributed by atoms with E-state index in [1.54, 1.807) is 16.7 Å². The monoisotopic (exact) mass is 930 g/mol. The minimum absolute atomic E-state index is 0.0248. The molecule has 7 rings (SSSR count). The van der Waals surface area contributed by atoms with Crippen molar-refractivity contribution in [1.29, 1.82) is 0 Å². The van der Waals surface area contributed by atoms with E-state index in [0.29, 0.717) is 29.7 Å². The summed E-state index contributed by atoms with van der Waals surface area (Å²) in [4.78, 5) is 2.95. The molecule has 3 aromatic carbocycles. The van der Waals surface area contributed by atoms with Crippen molar-refractivity contribution in [3.63, 3.8) is 0 Å². The van der Waals surface area contributed by atoms with Gasteiger partial charge in [-0.05, 0) is 113 Å². The van der Waals surface area contributed by atoms with Crippen LogP contribution in [-0.2, 0) is 13.5 Å². The van der Waals surface area contributed by atoms with E-state index in [9.17, 15) is 0 Å². The van der Waals surface area contributed by atoms with Crippen molar-refractivity contribution < 1.29 is 13.5 Å². The molecule has 0 amide bonds. The minimum atomic E-state index is -1.61. The molecular formula is C52H75Cl2N2PRu. The van der Waals surface area contributed by atoms with Crippen molar-refractivity contribution >= 4 is 37.6 Å². The summed E-state index contributed by atoms with van der Waals surface area (Å²) < 4.78 is 1.92. The van der Waals surface area contributed by atoms with Crippen molar-refractivity contribution in [1.82, 2.24) is 5.32 Å². The molecule has 58 heavy (non-hydrogen) atoms. The Hall–Kier alpha value is -1.50. The van der Waals surface area contributed by atoms with E-state index in [4.69, 9.17) is 19.4 Å². The SMILES string of the molecule is CC(C)c1cccc(C(C)C)c1C1CNC(=C2CCCCC2P(C2CCCCC2)C2CCCCC2)N1c1c(C(C)C)cccc1C(C)C.[Cl][Ru]([Cl])=[CH]c1ccccc1. The fourth-order valence-electron chi connectivity index (χ4n) is 10.9. The quantitative estimate of drug-likeness (QED) is 0.161. The van der Waals surface area contributed by atoms with Gasteiger partial charge in [0, 0.05) is 17.9 Å². The van der Waals surface area contributed by atoms with Crippen molar-refractivity contribution in [3.8, 4) is 0 Å². The van der Waals surface area contributed by atoms with Gasteiger partial charge in [-0.15, -0.1) is 0 Å². The molecule has 0 bridgehead atoms. The van der Waals surface area contributed by atoms with Crippen LogP contribution in [0.3, 0.4) is 0 Å². The summed E-state index contributed by atoms with van der Waals surface area (Å²) >= 11 is -1.61. The van der Waals surface area contributed by atoms with E-state index >= 15 is 0 Å². The number of rotatable bonds is 10. The van der Waals surface area contributed by atoms with Gasteiger partial charge in [-0.2, -0.15) is 0 Å². The van der Waals surface area contributed by atoms with Crippen LogP contribution in [0.15, 0.2) is 78.1 Å². The molecule has 0 spiro atoms. The van der Waals surface area contributed by atoms with E-state index in [2.05, 4.69) is 102 Å². The number of allylic oxidation sites excluding steroid dienone is 1. The molecule has 4 fully saturated rings. The standard InChI is InChI=1S/C45H69N2P.C7H6.2ClH.Ru/c1-30(2)36-24-17-25-37(31(3)4)43(36)41-29-46-45(47(41)44-38(32(5)6)26-18-27-39(44)33(7)8)40-23-15-16-28-42(40)48(34-19-11-9-12-20-34)35-21-13-10-14-22-35;1-7-5-3-2-4-6-7;;;/h17-18,24-27,30-35,41-42,46H,9-16,19-23,28-29H2,1-8H3;1-6H;2*1H;/q;;;;+2/p-2. The summed E-state index contributed by atoms with van der Waals surface area (Å²) in [6.07, 6.45) is 20.4.